The summed E-state index contributed by atoms with van der Waals surface area (Å²) in [6.45, 7) is 6.17. The van der Waals surface area contributed by atoms with Crippen LogP contribution in [0.15, 0.2) is 18.2 Å². The van der Waals surface area contributed by atoms with Gasteiger partial charge in [-0.2, -0.15) is 0 Å². The molecule has 3 rings (SSSR count). The number of nitrogens with one attached hydrogen (secondary N) is 1. The standard InChI is InChI=1S/C16H18ClN3/c1-9-5-4-6-13(10(9)2)18-15-11(3)14(17)19-16(20-15)12-7-8-12/h4-6,12H,7-8H2,1-3H3,(H,18,19,20). The lowest BCUT2D eigenvalue weighted by molar-refractivity contribution is 0.921. The van der Waals surface area contributed by atoms with Crippen LogP contribution in [0.1, 0.15) is 41.3 Å². The van der Waals surface area contributed by atoms with Gasteiger partial charge in [0.05, 0.1) is 0 Å². The SMILES string of the molecule is Cc1cccc(Nc2nc(C3CC3)nc(Cl)c2C)c1C. The zero-order chi connectivity index (χ0) is 14.3. The monoisotopic (exact) mass is 287 g/mol. The predicted molar refractivity (Wildman–Crippen MR) is 83.0 cm³/mol. The number of nitrogens with zero attached hydrogens (tertiary/aromatic N) is 2. The topological polar surface area (TPSA) is 37.8 Å². The number of benzene rings is 1. The van der Waals surface area contributed by atoms with Gasteiger partial charge >= 0.3 is 0 Å². The molecule has 4 heteroatoms. The molecule has 1 aliphatic carbocycles. The molecule has 0 unspecified atom stereocenters. The summed E-state index contributed by atoms with van der Waals surface area (Å²) in [5, 5.41) is 3.96. The molecule has 1 N–H and O–H groups in total. The molecular weight excluding hydrogens is 270 g/mol. The van der Waals surface area contributed by atoms with Crippen LogP contribution in [0.2, 0.25) is 5.15 Å². The molecule has 104 valence electrons. The summed E-state index contributed by atoms with van der Waals surface area (Å²) in [5.41, 5.74) is 4.46. The average molecular weight is 288 g/mol. The van der Waals surface area contributed by atoms with Crippen LogP contribution < -0.4 is 5.32 Å². The molecule has 0 atom stereocenters. The van der Waals surface area contributed by atoms with Crippen LogP contribution in [0.4, 0.5) is 11.5 Å². The van der Waals surface area contributed by atoms with Gasteiger partial charge in [0.25, 0.3) is 0 Å². The van der Waals surface area contributed by atoms with Crippen LogP contribution in [0.25, 0.3) is 0 Å². The van der Waals surface area contributed by atoms with E-state index in [1.807, 2.05) is 13.0 Å². The van der Waals surface area contributed by atoms with Gasteiger partial charge in [0, 0.05) is 17.2 Å². The van der Waals surface area contributed by atoms with Crippen LogP contribution in [0.3, 0.4) is 0 Å². The summed E-state index contributed by atoms with van der Waals surface area (Å²) < 4.78 is 0. The van der Waals surface area contributed by atoms with Crippen molar-refractivity contribution < 1.29 is 0 Å². The smallest absolute Gasteiger partial charge is 0.138 e. The summed E-state index contributed by atoms with van der Waals surface area (Å²) in [6.07, 6.45) is 2.34. The van der Waals surface area contributed by atoms with E-state index in [4.69, 9.17) is 11.6 Å². The first-order chi connectivity index (χ1) is 9.56. The van der Waals surface area contributed by atoms with Crippen molar-refractivity contribution >= 4 is 23.1 Å². The van der Waals surface area contributed by atoms with Crippen LogP contribution in [0, 0.1) is 20.8 Å². The van der Waals surface area contributed by atoms with Crippen molar-refractivity contribution in [2.24, 2.45) is 0 Å². The molecule has 20 heavy (non-hydrogen) atoms. The number of anilines is 2. The normalized spacial score (nSPS) is 14.4. The maximum atomic E-state index is 6.24. The van der Waals surface area contributed by atoms with Gasteiger partial charge in [0.1, 0.15) is 16.8 Å². The highest BCUT2D eigenvalue weighted by molar-refractivity contribution is 6.30. The number of hydrogen-bond acceptors (Lipinski definition) is 3. The zero-order valence-corrected chi connectivity index (χ0v) is 12.8. The van der Waals surface area contributed by atoms with E-state index < -0.39 is 0 Å². The summed E-state index contributed by atoms with van der Waals surface area (Å²) in [5.74, 6) is 2.18. The summed E-state index contributed by atoms with van der Waals surface area (Å²) >= 11 is 6.24. The highest BCUT2D eigenvalue weighted by Crippen LogP contribution is 2.39. The first kappa shape index (κ1) is 13.4. The van der Waals surface area contributed by atoms with Crippen molar-refractivity contribution in [3.05, 3.63) is 45.9 Å². The van der Waals surface area contributed by atoms with Gasteiger partial charge in [0.2, 0.25) is 0 Å². The summed E-state index contributed by atoms with van der Waals surface area (Å²) in [7, 11) is 0. The van der Waals surface area contributed by atoms with Crippen molar-refractivity contribution in [2.75, 3.05) is 5.32 Å². The minimum absolute atomic E-state index is 0.493. The molecule has 1 aromatic heterocycles. The highest BCUT2D eigenvalue weighted by atomic mass is 35.5. The van der Waals surface area contributed by atoms with Gasteiger partial charge in [0.15, 0.2) is 0 Å². The molecule has 0 aliphatic heterocycles. The highest BCUT2D eigenvalue weighted by Gasteiger charge is 2.28. The fourth-order valence-corrected chi connectivity index (χ4v) is 2.34. The molecule has 1 saturated carbocycles. The van der Waals surface area contributed by atoms with Gasteiger partial charge in [-0.1, -0.05) is 23.7 Å². The first-order valence-electron chi connectivity index (χ1n) is 6.93. The first-order valence-corrected chi connectivity index (χ1v) is 7.31. The van der Waals surface area contributed by atoms with Crippen molar-refractivity contribution in [3.8, 4) is 0 Å². The van der Waals surface area contributed by atoms with Crippen LogP contribution in [-0.4, -0.2) is 9.97 Å². The molecule has 0 spiro atoms. The van der Waals surface area contributed by atoms with Crippen molar-refractivity contribution in [1.29, 1.82) is 0 Å². The largest absolute Gasteiger partial charge is 0.340 e. The minimum Gasteiger partial charge on any atom is -0.340 e. The lowest BCUT2D eigenvalue weighted by atomic mass is 10.1. The van der Waals surface area contributed by atoms with E-state index in [1.165, 1.54) is 24.0 Å². The number of aryl methyl sites for hydroxylation is 1. The lowest BCUT2D eigenvalue weighted by Gasteiger charge is -2.14. The summed E-state index contributed by atoms with van der Waals surface area (Å²) in [4.78, 5) is 9.05. The van der Waals surface area contributed by atoms with E-state index in [9.17, 15) is 0 Å². The molecule has 1 aliphatic rings. The molecule has 1 aromatic carbocycles. The van der Waals surface area contributed by atoms with E-state index in [0.717, 1.165) is 22.9 Å². The van der Waals surface area contributed by atoms with E-state index >= 15 is 0 Å². The van der Waals surface area contributed by atoms with Gasteiger partial charge in [-0.15, -0.1) is 0 Å². The maximum absolute atomic E-state index is 6.24. The lowest BCUT2D eigenvalue weighted by Crippen LogP contribution is -2.04. The van der Waals surface area contributed by atoms with E-state index in [0.29, 0.717) is 11.1 Å². The maximum Gasteiger partial charge on any atom is 0.138 e. The van der Waals surface area contributed by atoms with Crippen LogP contribution in [0.5, 0.6) is 0 Å². The Morgan fingerprint density at radius 2 is 1.85 bits per heavy atom. The third-order valence-electron chi connectivity index (χ3n) is 3.90. The van der Waals surface area contributed by atoms with Gasteiger partial charge in [-0.3, -0.25) is 0 Å². The Kier molecular flexibility index (Phi) is 3.38. The van der Waals surface area contributed by atoms with Crippen LogP contribution in [-0.2, 0) is 0 Å². The molecule has 1 heterocycles. The molecule has 0 amide bonds. The van der Waals surface area contributed by atoms with Crippen molar-refractivity contribution in [3.63, 3.8) is 0 Å². The molecular formula is C16H18ClN3. The van der Waals surface area contributed by atoms with Gasteiger partial charge < -0.3 is 5.32 Å². The molecule has 3 nitrogen and oxygen atoms in total. The Hall–Kier alpha value is -1.61. The Labute approximate surface area is 124 Å². The fraction of sp³-hybridized carbons (Fsp3) is 0.375. The zero-order valence-electron chi connectivity index (χ0n) is 12.0. The van der Waals surface area contributed by atoms with Crippen molar-refractivity contribution in [1.82, 2.24) is 9.97 Å². The third-order valence-corrected chi connectivity index (χ3v) is 4.27. The average Bonchev–Trinajstić information content (AvgIpc) is 3.24. The second-order valence-electron chi connectivity index (χ2n) is 5.49. The molecule has 1 fully saturated rings. The second-order valence-corrected chi connectivity index (χ2v) is 5.85. The Bertz CT molecular complexity index is 663. The minimum atomic E-state index is 0.493. The Morgan fingerprint density at radius 3 is 2.55 bits per heavy atom. The molecule has 0 radical (unpaired) electrons. The molecule has 0 bridgehead atoms. The molecule has 2 aromatic rings. The van der Waals surface area contributed by atoms with Gasteiger partial charge in [-0.05, 0) is 50.8 Å². The number of rotatable bonds is 3. The quantitative estimate of drug-likeness (QED) is 0.833. The van der Waals surface area contributed by atoms with Crippen molar-refractivity contribution in [2.45, 2.75) is 39.5 Å². The number of hydrogen-bond donors (Lipinski definition) is 1. The second kappa shape index (κ2) is 5.06. The Balaban J connectivity index is 1.99. The molecule has 0 saturated heterocycles. The number of aromatic nitrogens is 2. The predicted octanol–water partition coefficient (Wildman–Crippen LogP) is 4.68. The summed E-state index contributed by atoms with van der Waals surface area (Å²) in [6, 6.07) is 6.22. The third kappa shape index (κ3) is 2.50. The van der Waals surface area contributed by atoms with Crippen LogP contribution >= 0.6 is 11.6 Å². The van der Waals surface area contributed by atoms with E-state index in [-0.39, 0.29) is 0 Å². The van der Waals surface area contributed by atoms with E-state index in [2.05, 4.69) is 41.3 Å². The van der Waals surface area contributed by atoms with Gasteiger partial charge in [-0.25, -0.2) is 9.97 Å². The Morgan fingerprint density at radius 1 is 1.10 bits per heavy atom. The number of halogens is 1. The van der Waals surface area contributed by atoms with E-state index in [1.54, 1.807) is 0 Å². The fourth-order valence-electron chi connectivity index (χ4n) is 2.17.